The van der Waals surface area contributed by atoms with Gasteiger partial charge in [-0.15, -0.1) is 0 Å². The van der Waals surface area contributed by atoms with Gasteiger partial charge in [0.1, 0.15) is 18.4 Å². The van der Waals surface area contributed by atoms with Gasteiger partial charge in [0.15, 0.2) is 0 Å². The van der Waals surface area contributed by atoms with Gasteiger partial charge in [-0.25, -0.2) is 0 Å². The lowest BCUT2D eigenvalue weighted by Gasteiger charge is -2.20. The molecule has 5 heteroatoms. The van der Waals surface area contributed by atoms with Crippen LogP contribution in [0.3, 0.4) is 0 Å². The molecule has 1 unspecified atom stereocenters. The van der Waals surface area contributed by atoms with E-state index in [4.69, 9.17) is 16.3 Å². The van der Waals surface area contributed by atoms with Crippen LogP contribution in [0, 0.1) is 5.92 Å². The molecule has 0 saturated heterocycles. The van der Waals surface area contributed by atoms with Gasteiger partial charge in [0.25, 0.3) is 0 Å². The van der Waals surface area contributed by atoms with Crippen molar-refractivity contribution in [2.24, 2.45) is 5.92 Å². The maximum absolute atomic E-state index is 11.5. The summed E-state index contributed by atoms with van der Waals surface area (Å²) in [5.41, 5.74) is 1.93. The quantitative estimate of drug-likeness (QED) is 0.543. The molecule has 0 spiro atoms. The van der Waals surface area contributed by atoms with Crippen molar-refractivity contribution >= 4 is 28.3 Å². The number of benzene rings is 3. The van der Waals surface area contributed by atoms with Crippen LogP contribution >= 0.6 is 11.6 Å². The predicted molar refractivity (Wildman–Crippen MR) is 113 cm³/mol. The highest BCUT2D eigenvalue weighted by molar-refractivity contribution is 6.30. The first-order valence-corrected chi connectivity index (χ1v) is 9.67. The Morgan fingerprint density at radius 1 is 1.11 bits per heavy atom. The highest BCUT2D eigenvalue weighted by Gasteiger charge is 2.21. The van der Waals surface area contributed by atoms with Gasteiger partial charge in [-0.05, 0) is 40.5 Å². The molecular formula is C23H24ClNO3. The average molecular weight is 398 g/mol. The third kappa shape index (κ3) is 4.83. The Morgan fingerprint density at radius 2 is 1.89 bits per heavy atom. The Kier molecular flexibility index (Phi) is 6.55. The lowest BCUT2D eigenvalue weighted by molar-refractivity contribution is -0.140. The lowest BCUT2D eigenvalue weighted by atomic mass is 10.0. The van der Waals surface area contributed by atoms with E-state index in [0.29, 0.717) is 18.2 Å². The number of nitrogens with one attached hydrogen (secondary N) is 1. The molecule has 1 atom stereocenters. The number of halogens is 1. The van der Waals surface area contributed by atoms with Crippen molar-refractivity contribution in [3.8, 4) is 5.75 Å². The second-order valence-corrected chi connectivity index (χ2v) is 7.56. The SMILES string of the molecule is CC(C)C(NCc1c(OCc2cccc(Cl)c2)ccc2ccccc12)C(=O)O. The van der Waals surface area contributed by atoms with Gasteiger partial charge in [-0.3, -0.25) is 10.1 Å². The Morgan fingerprint density at radius 3 is 2.61 bits per heavy atom. The van der Waals surface area contributed by atoms with E-state index in [0.717, 1.165) is 27.6 Å². The Labute approximate surface area is 170 Å². The number of rotatable bonds is 8. The first-order chi connectivity index (χ1) is 13.5. The number of carbonyl (C=O) groups is 1. The maximum Gasteiger partial charge on any atom is 0.320 e. The van der Waals surface area contributed by atoms with Gasteiger partial charge in [-0.2, -0.15) is 0 Å². The molecule has 0 aliphatic carbocycles. The molecule has 0 fully saturated rings. The Bertz CT molecular complexity index is 971. The minimum absolute atomic E-state index is 0.0247. The van der Waals surface area contributed by atoms with E-state index in [2.05, 4.69) is 5.32 Å². The number of hydrogen-bond donors (Lipinski definition) is 2. The number of ether oxygens (including phenoxy) is 1. The van der Waals surface area contributed by atoms with E-state index in [9.17, 15) is 9.90 Å². The Hall–Kier alpha value is -2.56. The summed E-state index contributed by atoms with van der Waals surface area (Å²) in [6, 6.07) is 18.9. The largest absolute Gasteiger partial charge is 0.489 e. The molecule has 3 aromatic carbocycles. The highest BCUT2D eigenvalue weighted by atomic mass is 35.5. The molecule has 0 amide bonds. The number of hydrogen-bond acceptors (Lipinski definition) is 3. The minimum atomic E-state index is -0.850. The highest BCUT2D eigenvalue weighted by Crippen LogP contribution is 2.29. The van der Waals surface area contributed by atoms with Gasteiger partial charge in [0.05, 0.1) is 0 Å². The zero-order valence-electron chi connectivity index (χ0n) is 16.0. The van der Waals surface area contributed by atoms with Crippen LogP contribution in [0.1, 0.15) is 25.0 Å². The van der Waals surface area contributed by atoms with Crippen molar-refractivity contribution in [2.45, 2.75) is 33.0 Å². The fourth-order valence-corrected chi connectivity index (χ4v) is 3.45. The van der Waals surface area contributed by atoms with E-state index in [1.807, 2.05) is 74.5 Å². The molecule has 0 saturated carbocycles. The molecule has 2 N–H and O–H groups in total. The summed E-state index contributed by atoms with van der Waals surface area (Å²) < 4.78 is 6.09. The van der Waals surface area contributed by atoms with Crippen LogP contribution in [0.25, 0.3) is 10.8 Å². The molecule has 3 aromatic rings. The summed E-state index contributed by atoms with van der Waals surface area (Å²) in [6.45, 7) is 4.58. The smallest absolute Gasteiger partial charge is 0.320 e. The van der Waals surface area contributed by atoms with Crippen molar-refractivity contribution in [2.75, 3.05) is 0 Å². The first-order valence-electron chi connectivity index (χ1n) is 9.29. The number of carboxylic acid groups (broad SMARTS) is 1. The molecular weight excluding hydrogens is 374 g/mol. The summed E-state index contributed by atoms with van der Waals surface area (Å²) in [7, 11) is 0. The zero-order valence-corrected chi connectivity index (χ0v) is 16.7. The molecule has 0 bridgehead atoms. The summed E-state index contributed by atoms with van der Waals surface area (Å²) in [6.07, 6.45) is 0. The van der Waals surface area contributed by atoms with Gasteiger partial charge in [0.2, 0.25) is 0 Å². The molecule has 0 aromatic heterocycles. The van der Waals surface area contributed by atoms with Crippen LogP contribution in [0.15, 0.2) is 60.7 Å². The normalized spacial score (nSPS) is 12.3. The van der Waals surface area contributed by atoms with E-state index in [-0.39, 0.29) is 5.92 Å². The van der Waals surface area contributed by atoms with E-state index >= 15 is 0 Å². The first kappa shape index (κ1) is 20.2. The van der Waals surface area contributed by atoms with Gasteiger partial charge in [0, 0.05) is 17.1 Å². The molecule has 0 heterocycles. The van der Waals surface area contributed by atoms with Crippen molar-refractivity contribution in [1.29, 1.82) is 0 Å². The molecule has 28 heavy (non-hydrogen) atoms. The summed E-state index contributed by atoms with van der Waals surface area (Å²) in [5, 5.41) is 15.5. The molecule has 0 aliphatic rings. The van der Waals surface area contributed by atoms with E-state index in [1.54, 1.807) is 0 Å². The van der Waals surface area contributed by atoms with Crippen molar-refractivity contribution in [3.63, 3.8) is 0 Å². The summed E-state index contributed by atoms with van der Waals surface area (Å²) in [4.78, 5) is 11.5. The maximum atomic E-state index is 11.5. The lowest BCUT2D eigenvalue weighted by Crippen LogP contribution is -2.40. The monoisotopic (exact) mass is 397 g/mol. The molecule has 0 aliphatic heterocycles. The van der Waals surface area contributed by atoms with Crippen molar-refractivity contribution in [1.82, 2.24) is 5.32 Å². The second-order valence-electron chi connectivity index (χ2n) is 7.12. The van der Waals surface area contributed by atoms with Crippen LogP contribution in [-0.4, -0.2) is 17.1 Å². The third-order valence-electron chi connectivity index (χ3n) is 4.71. The summed E-state index contributed by atoms with van der Waals surface area (Å²) >= 11 is 6.06. The predicted octanol–water partition coefficient (Wildman–Crippen LogP) is 5.27. The fraction of sp³-hybridized carbons (Fsp3) is 0.261. The van der Waals surface area contributed by atoms with E-state index in [1.165, 1.54) is 0 Å². The van der Waals surface area contributed by atoms with Crippen molar-refractivity contribution in [3.05, 3.63) is 76.8 Å². The third-order valence-corrected chi connectivity index (χ3v) is 4.95. The Balaban J connectivity index is 1.89. The van der Waals surface area contributed by atoms with Crippen LogP contribution in [-0.2, 0) is 17.9 Å². The van der Waals surface area contributed by atoms with Crippen LogP contribution < -0.4 is 10.1 Å². The van der Waals surface area contributed by atoms with Crippen LogP contribution in [0.5, 0.6) is 5.75 Å². The number of aliphatic carboxylic acids is 1. The molecule has 4 nitrogen and oxygen atoms in total. The number of carboxylic acids is 1. The van der Waals surface area contributed by atoms with Crippen LogP contribution in [0.4, 0.5) is 0 Å². The van der Waals surface area contributed by atoms with Crippen molar-refractivity contribution < 1.29 is 14.6 Å². The molecule has 3 rings (SSSR count). The number of fused-ring (bicyclic) bond motifs is 1. The second kappa shape index (κ2) is 9.09. The average Bonchev–Trinajstić information content (AvgIpc) is 2.66. The minimum Gasteiger partial charge on any atom is -0.489 e. The van der Waals surface area contributed by atoms with Gasteiger partial charge < -0.3 is 9.84 Å². The zero-order chi connectivity index (χ0) is 20.1. The summed E-state index contributed by atoms with van der Waals surface area (Å²) in [5.74, 6) is -0.140. The van der Waals surface area contributed by atoms with E-state index < -0.39 is 12.0 Å². The standard InChI is InChI=1S/C23H24ClNO3/c1-15(2)22(23(26)27)25-13-20-19-9-4-3-7-17(19)10-11-21(20)28-14-16-6-5-8-18(24)12-16/h3-12,15,22,25H,13-14H2,1-2H3,(H,26,27). The van der Waals surface area contributed by atoms with Crippen LogP contribution in [0.2, 0.25) is 5.02 Å². The van der Waals surface area contributed by atoms with Gasteiger partial charge >= 0.3 is 5.97 Å². The fourth-order valence-electron chi connectivity index (χ4n) is 3.24. The molecule has 146 valence electrons. The molecule has 0 radical (unpaired) electrons. The van der Waals surface area contributed by atoms with Gasteiger partial charge in [-0.1, -0.05) is 67.9 Å². The topological polar surface area (TPSA) is 58.6 Å².